The van der Waals surface area contributed by atoms with Gasteiger partial charge in [-0.1, -0.05) is 29.8 Å². The Hall–Kier alpha value is -2.66. The van der Waals surface area contributed by atoms with E-state index in [9.17, 15) is 8.42 Å². The maximum absolute atomic E-state index is 12.5. The van der Waals surface area contributed by atoms with Crippen molar-refractivity contribution in [3.8, 4) is 11.8 Å². The second kappa shape index (κ2) is 7.07. The van der Waals surface area contributed by atoms with Crippen LogP contribution in [-0.2, 0) is 16.6 Å². The highest BCUT2D eigenvalue weighted by Crippen LogP contribution is 2.20. The number of hydrogen-bond donors (Lipinski definition) is 1. The van der Waals surface area contributed by atoms with Crippen molar-refractivity contribution in [1.29, 1.82) is 5.26 Å². The summed E-state index contributed by atoms with van der Waals surface area (Å²) < 4.78 is 29.4. The van der Waals surface area contributed by atoms with Crippen molar-refractivity contribution < 1.29 is 8.42 Å². The fraction of sp³-hybridized carbons (Fsp3) is 0.0588. The molecule has 0 radical (unpaired) electrons. The molecule has 2 aromatic carbocycles. The number of nitrogens with one attached hydrogen (secondary N) is 1. The maximum Gasteiger partial charge on any atom is 0.240 e. The van der Waals surface area contributed by atoms with Crippen LogP contribution >= 0.6 is 11.6 Å². The molecule has 0 fully saturated rings. The molecule has 1 heterocycles. The van der Waals surface area contributed by atoms with Gasteiger partial charge in [0, 0.05) is 18.9 Å². The standard InChI is InChI=1S/C17H13ClN4O2S/c18-16-6-5-15(9-14(16)10-19)25(23,24)21-11-13-3-1-2-4-17(13)22-8-7-20-12-22/h1-9,12,21H,11H2. The first-order chi connectivity index (χ1) is 12.0. The van der Waals surface area contributed by atoms with E-state index in [1.807, 2.05) is 30.3 Å². The van der Waals surface area contributed by atoms with E-state index < -0.39 is 10.0 Å². The number of hydrogen-bond acceptors (Lipinski definition) is 4. The van der Waals surface area contributed by atoms with Gasteiger partial charge in [0.2, 0.25) is 10.0 Å². The summed E-state index contributed by atoms with van der Waals surface area (Å²) in [6, 6.07) is 13.3. The lowest BCUT2D eigenvalue weighted by Gasteiger charge is -2.12. The first-order valence-corrected chi connectivity index (χ1v) is 9.13. The lowest BCUT2D eigenvalue weighted by atomic mass is 10.2. The summed E-state index contributed by atoms with van der Waals surface area (Å²) in [5.41, 5.74) is 1.73. The van der Waals surface area contributed by atoms with Crippen LogP contribution < -0.4 is 4.72 Å². The number of imidazole rings is 1. The predicted octanol–water partition coefficient (Wildman–Crippen LogP) is 2.88. The normalized spacial score (nSPS) is 11.2. The molecule has 1 aromatic heterocycles. The summed E-state index contributed by atoms with van der Waals surface area (Å²) in [6.07, 6.45) is 5.08. The Kier molecular flexibility index (Phi) is 4.86. The smallest absolute Gasteiger partial charge is 0.240 e. The van der Waals surface area contributed by atoms with E-state index in [-0.39, 0.29) is 22.0 Å². The van der Waals surface area contributed by atoms with E-state index in [1.165, 1.54) is 18.2 Å². The number of nitrogens with zero attached hydrogens (tertiary/aromatic N) is 3. The monoisotopic (exact) mass is 372 g/mol. The predicted molar refractivity (Wildman–Crippen MR) is 93.8 cm³/mol. The molecule has 6 nitrogen and oxygen atoms in total. The Bertz CT molecular complexity index is 1040. The van der Waals surface area contributed by atoms with Crippen molar-refractivity contribution in [1.82, 2.24) is 14.3 Å². The van der Waals surface area contributed by atoms with Crippen molar-refractivity contribution >= 4 is 21.6 Å². The van der Waals surface area contributed by atoms with Crippen LogP contribution in [0.25, 0.3) is 5.69 Å². The quantitative estimate of drug-likeness (QED) is 0.745. The fourth-order valence-corrected chi connectivity index (χ4v) is 3.52. The van der Waals surface area contributed by atoms with Gasteiger partial charge in [-0.05, 0) is 29.8 Å². The van der Waals surface area contributed by atoms with Crippen LogP contribution in [0.1, 0.15) is 11.1 Å². The minimum Gasteiger partial charge on any atom is -0.306 e. The summed E-state index contributed by atoms with van der Waals surface area (Å²) in [7, 11) is -3.78. The molecule has 0 unspecified atom stereocenters. The molecule has 0 aliphatic heterocycles. The van der Waals surface area contributed by atoms with Crippen molar-refractivity contribution in [2.75, 3.05) is 0 Å². The lowest BCUT2D eigenvalue weighted by Crippen LogP contribution is -2.24. The topological polar surface area (TPSA) is 87.8 Å². The van der Waals surface area contributed by atoms with E-state index in [1.54, 1.807) is 23.3 Å². The zero-order valence-electron chi connectivity index (χ0n) is 12.9. The molecule has 0 spiro atoms. The van der Waals surface area contributed by atoms with Gasteiger partial charge >= 0.3 is 0 Å². The third-order valence-corrected chi connectivity index (χ3v) is 5.32. The van der Waals surface area contributed by atoms with Crippen LogP contribution in [0.3, 0.4) is 0 Å². The highest BCUT2D eigenvalue weighted by molar-refractivity contribution is 7.89. The largest absolute Gasteiger partial charge is 0.306 e. The number of halogens is 1. The fourth-order valence-electron chi connectivity index (χ4n) is 2.33. The van der Waals surface area contributed by atoms with Crippen LogP contribution in [0.4, 0.5) is 0 Å². The van der Waals surface area contributed by atoms with Crippen LogP contribution in [0.5, 0.6) is 0 Å². The maximum atomic E-state index is 12.5. The third-order valence-electron chi connectivity index (χ3n) is 3.60. The molecule has 0 saturated carbocycles. The molecule has 8 heteroatoms. The summed E-state index contributed by atoms with van der Waals surface area (Å²) in [6.45, 7) is 0.0984. The first kappa shape index (κ1) is 17.2. The second-order valence-electron chi connectivity index (χ2n) is 5.18. The summed E-state index contributed by atoms with van der Waals surface area (Å²) in [4.78, 5) is 4.00. The average molecular weight is 373 g/mol. The van der Waals surface area contributed by atoms with E-state index >= 15 is 0 Å². The molecule has 0 atom stereocenters. The summed E-state index contributed by atoms with van der Waals surface area (Å²) in [5.74, 6) is 0. The van der Waals surface area contributed by atoms with Gasteiger partial charge in [-0.15, -0.1) is 0 Å². The van der Waals surface area contributed by atoms with Gasteiger partial charge in [0.25, 0.3) is 0 Å². The molecule has 1 N–H and O–H groups in total. The van der Waals surface area contributed by atoms with E-state index in [0.717, 1.165) is 11.3 Å². The van der Waals surface area contributed by atoms with Crippen molar-refractivity contribution in [3.63, 3.8) is 0 Å². The second-order valence-corrected chi connectivity index (χ2v) is 7.35. The molecule has 0 aliphatic carbocycles. The van der Waals surface area contributed by atoms with E-state index in [2.05, 4.69) is 9.71 Å². The third kappa shape index (κ3) is 3.72. The molecule has 3 rings (SSSR count). The number of sulfonamides is 1. The SMILES string of the molecule is N#Cc1cc(S(=O)(=O)NCc2ccccc2-n2ccnc2)ccc1Cl. The zero-order chi connectivity index (χ0) is 17.9. The number of nitriles is 1. The van der Waals surface area contributed by atoms with Crippen LogP contribution in [0.15, 0.2) is 66.1 Å². The molecule has 3 aromatic rings. The average Bonchev–Trinajstić information content (AvgIpc) is 3.15. The molecule has 25 heavy (non-hydrogen) atoms. The Morgan fingerprint density at radius 1 is 1.24 bits per heavy atom. The van der Waals surface area contributed by atoms with Crippen molar-refractivity contribution in [3.05, 3.63) is 77.3 Å². The Labute approximate surface area is 150 Å². The molecule has 0 bridgehead atoms. The molecular formula is C17H13ClN4O2S. The van der Waals surface area contributed by atoms with Crippen LogP contribution in [0, 0.1) is 11.3 Å². The molecular weight excluding hydrogens is 360 g/mol. The number of para-hydroxylation sites is 1. The molecule has 0 saturated heterocycles. The zero-order valence-corrected chi connectivity index (χ0v) is 14.5. The molecule has 0 amide bonds. The first-order valence-electron chi connectivity index (χ1n) is 7.27. The van der Waals surface area contributed by atoms with Gasteiger partial charge in [-0.3, -0.25) is 0 Å². The number of benzene rings is 2. The highest BCUT2D eigenvalue weighted by atomic mass is 35.5. The minimum atomic E-state index is -3.78. The van der Waals surface area contributed by atoms with Gasteiger partial charge in [0.1, 0.15) is 6.07 Å². The highest BCUT2D eigenvalue weighted by Gasteiger charge is 2.16. The minimum absolute atomic E-state index is 0.00596. The van der Waals surface area contributed by atoms with Gasteiger partial charge in [-0.25, -0.2) is 18.1 Å². The molecule has 126 valence electrons. The lowest BCUT2D eigenvalue weighted by molar-refractivity contribution is 0.581. The Morgan fingerprint density at radius 3 is 2.76 bits per heavy atom. The van der Waals surface area contributed by atoms with Crippen molar-refractivity contribution in [2.24, 2.45) is 0 Å². The van der Waals surface area contributed by atoms with E-state index in [4.69, 9.17) is 16.9 Å². The van der Waals surface area contributed by atoms with Gasteiger partial charge < -0.3 is 4.57 Å². The summed E-state index contributed by atoms with van der Waals surface area (Å²) >= 11 is 5.85. The van der Waals surface area contributed by atoms with E-state index in [0.29, 0.717) is 0 Å². The Morgan fingerprint density at radius 2 is 2.04 bits per heavy atom. The molecule has 0 aliphatic rings. The van der Waals surface area contributed by atoms with Gasteiger partial charge in [0.15, 0.2) is 0 Å². The van der Waals surface area contributed by atoms with Crippen molar-refractivity contribution in [2.45, 2.75) is 11.4 Å². The van der Waals surface area contributed by atoms with Crippen LogP contribution in [0.2, 0.25) is 5.02 Å². The summed E-state index contributed by atoms with van der Waals surface area (Å²) in [5, 5.41) is 9.21. The number of rotatable bonds is 5. The Balaban J connectivity index is 1.86. The van der Waals surface area contributed by atoms with Gasteiger partial charge in [0.05, 0.1) is 27.5 Å². The van der Waals surface area contributed by atoms with Gasteiger partial charge in [-0.2, -0.15) is 5.26 Å². The van der Waals surface area contributed by atoms with Crippen LogP contribution in [-0.4, -0.2) is 18.0 Å². The number of aromatic nitrogens is 2.